The third-order valence-electron chi connectivity index (χ3n) is 3.82. The number of aromatic nitrogens is 2. The van der Waals surface area contributed by atoms with Crippen LogP contribution in [0.15, 0.2) is 41.1 Å². The Morgan fingerprint density at radius 3 is 2.64 bits per heavy atom. The first kappa shape index (κ1) is 18.7. The molecule has 2 heterocycles. The molecule has 3 aromatic rings. The molecule has 3 rings (SSSR count). The Hall–Kier alpha value is -4.08. The average Bonchev–Trinajstić information content (AvgIpc) is 3.27. The van der Waals surface area contributed by atoms with Crippen LogP contribution in [0.3, 0.4) is 0 Å². The van der Waals surface area contributed by atoms with Crippen LogP contribution in [0.1, 0.15) is 27.6 Å². The Morgan fingerprint density at radius 1 is 1.25 bits per heavy atom. The minimum absolute atomic E-state index is 0.00438. The largest absolute Gasteiger partial charge is 0.478 e. The fourth-order valence-corrected chi connectivity index (χ4v) is 2.56. The summed E-state index contributed by atoms with van der Waals surface area (Å²) in [6.07, 6.45) is 2.73. The number of carbonyl (C=O) groups excluding carboxylic acids is 2. The number of carboxylic acid groups (broad SMARTS) is 1. The molecule has 0 atom stereocenters. The molecule has 4 N–H and O–H groups in total. The van der Waals surface area contributed by atoms with E-state index in [0.717, 1.165) is 0 Å². The molecule has 0 aliphatic carbocycles. The van der Waals surface area contributed by atoms with E-state index in [0.29, 0.717) is 17.1 Å². The Bertz CT molecular complexity index is 1080. The number of rotatable bonds is 5. The Kier molecular flexibility index (Phi) is 4.86. The van der Waals surface area contributed by atoms with E-state index in [1.807, 2.05) is 0 Å². The number of amides is 1. The van der Waals surface area contributed by atoms with Crippen LogP contribution < -0.4 is 11.1 Å². The van der Waals surface area contributed by atoms with E-state index < -0.39 is 11.9 Å². The molecule has 0 bridgehead atoms. The lowest BCUT2D eigenvalue weighted by Gasteiger charge is -2.12. The molecular weight excluding hydrogens is 368 g/mol. The fraction of sp³-hybridized carbons (Fsp3) is 0.111. The zero-order valence-electron chi connectivity index (χ0n) is 14.9. The summed E-state index contributed by atoms with van der Waals surface area (Å²) in [7, 11) is 1.25. The van der Waals surface area contributed by atoms with Gasteiger partial charge in [0.1, 0.15) is 12.0 Å². The number of imidazole rings is 1. The smallest absolute Gasteiger partial charge is 0.341 e. The van der Waals surface area contributed by atoms with Crippen LogP contribution in [0.25, 0.3) is 17.1 Å². The van der Waals surface area contributed by atoms with Crippen molar-refractivity contribution >= 4 is 29.5 Å². The maximum absolute atomic E-state index is 11.6. The highest BCUT2D eigenvalue weighted by atomic mass is 16.5. The lowest BCUT2D eigenvalue weighted by atomic mass is 10.1. The monoisotopic (exact) mass is 384 g/mol. The van der Waals surface area contributed by atoms with Crippen LogP contribution >= 0.6 is 0 Å². The maximum Gasteiger partial charge on any atom is 0.341 e. The van der Waals surface area contributed by atoms with Gasteiger partial charge in [0.2, 0.25) is 11.9 Å². The van der Waals surface area contributed by atoms with Crippen LogP contribution in [0.5, 0.6) is 0 Å². The van der Waals surface area contributed by atoms with Gasteiger partial charge in [0.25, 0.3) is 0 Å². The van der Waals surface area contributed by atoms with Crippen molar-refractivity contribution in [1.82, 2.24) is 9.55 Å². The van der Waals surface area contributed by atoms with Crippen molar-refractivity contribution in [1.29, 1.82) is 0 Å². The molecule has 0 aliphatic rings. The van der Waals surface area contributed by atoms with Crippen molar-refractivity contribution < 1.29 is 28.6 Å². The number of hydrogen-bond donors (Lipinski definition) is 3. The van der Waals surface area contributed by atoms with Gasteiger partial charge in [0.05, 0.1) is 29.6 Å². The molecule has 0 saturated heterocycles. The topological polar surface area (TPSA) is 150 Å². The van der Waals surface area contributed by atoms with Gasteiger partial charge in [-0.1, -0.05) is 0 Å². The highest BCUT2D eigenvalue weighted by Crippen LogP contribution is 2.29. The first-order valence-corrected chi connectivity index (χ1v) is 7.97. The van der Waals surface area contributed by atoms with E-state index in [1.54, 1.807) is 0 Å². The van der Waals surface area contributed by atoms with Crippen molar-refractivity contribution in [2.24, 2.45) is 0 Å². The second kappa shape index (κ2) is 7.27. The average molecular weight is 384 g/mol. The molecular formula is C18H16N4O6. The zero-order chi connectivity index (χ0) is 20.4. The summed E-state index contributed by atoms with van der Waals surface area (Å²) in [4.78, 5) is 38.6. The number of nitrogens with two attached hydrogens (primary N) is 1. The van der Waals surface area contributed by atoms with Crippen molar-refractivity contribution in [3.8, 4) is 17.1 Å². The first-order chi connectivity index (χ1) is 13.3. The van der Waals surface area contributed by atoms with Gasteiger partial charge < -0.3 is 25.3 Å². The van der Waals surface area contributed by atoms with Crippen LogP contribution in [-0.2, 0) is 9.53 Å². The lowest BCUT2D eigenvalue weighted by Crippen LogP contribution is -2.11. The van der Waals surface area contributed by atoms with E-state index >= 15 is 0 Å². The Morgan fingerprint density at radius 2 is 2.00 bits per heavy atom. The minimum atomic E-state index is -1.14. The summed E-state index contributed by atoms with van der Waals surface area (Å²) >= 11 is 0. The Balaban J connectivity index is 2.08. The van der Waals surface area contributed by atoms with E-state index in [1.165, 1.54) is 55.3 Å². The summed E-state index contributed by atoms with van der Waals surface area (Å²) in [5.41, 5.74) is 7.17. The SMILES string of the molecule is COC(=O)c1coc(-c2cn(-c3cc(C(=O)O)ccc3NC(C)=O)c(N)n2)c1. The van der Waals surface area contributed by atoms with Gasteiger partial charge in [-0.05, 0) is 18.2 Å². The van der Waals surface area contributed by atoms with E-state index in [9.17, 15) is 19.5 Å². The molecule has 0 aliphatic heterocycles. The third kappa shape index (κ3) is 3.56. The first-order valence-electron chi connectivity index (χ1n) is 7.97. The second-order valence-corrected chi connectivity index (χ2v) is 5.76. The molecule has 0 saturated carbocycles. The van der Waals surface area contributed by atoms with Gasteiger partial charge >= 0.3 is 11.9 Å². The van der Waals surface area contributed by atoms with Crippen molar-refractivity contribution in [2.45, 2.75) is 6.92 Å². The normalized spacial score (nSPS) is 10.5. The van der Waals surface area contributed by atoms with Crippen LogP contribution in [-0.4, -0.2) is 39.6 Å². The molecule has 0 radical (unpaired) electrons. The van der Waals surface area contributed by atoms with E-state index in [-0.39, 0.29) is 28.7 Å². The van der Waals surface area contributed by atoms with Gasteiger partial charge in [0, 0.05) is 19.2 Å². The predicted molar refractivity (Wildman–Crippen MR) is 98.3 cm³/mol. The number of ether oxygens (including phenoxy) is 1. The lowest BCUT2D eigenvalue weighted by molar-refractivity contribution is -0.114. The fourth-order valence-electron chi connectivity index (χ4n) is 2.56. The number of nitrogens with zero attached hydrogens (tertiary/aromatic N) is 2. The summed E-state index contributed by atoms with van der Waals surface area (Å²) in [6, 6.07) is 5.62. The summed E-state index contributed by atoms with van der Waals surface area (Å²) in [5, 5.41) is 11.9. The van der Waals surface area contributed by atoms with Gasteiger partial charge in [-0.2, -0.15) is 0 Å². The number of nitrogen functional groups attached to an aromatic ring is 1. The number of benzene rings is 1. The Labute approximate surface area is 158 Å². The van der Waals surface area contributed by atoms with Crippen molar-refractivity contribution in [3.05, 3.63) is 47.9 Å². The van der Waals surface area contributed by atoms with E-state index in [4.69, 9.17) is 10.2 Å². The van der Waals surface area contributed by atoms with Gasteiger partial charge in [-0.25, -0.2) is 14.6 Å². The second-order valence-electron chi connectivity index (χ2n) is 5.76. The van der Waals surface area contributed by atoms with Crippen molar-refractivity contribution in [3.63, 3.8) is 0 Å². The molecule has 144 valence electrons. The van der Waals surface area contributed by atoms with Crippen LogP contribution in [0.2, 0.25) is 0 Å². The number of aromatic carboxylic acids is 1. The number of carbonyl (C=O) groups is 3. The summed E-state index contributed by atoms with van der Waals surface area (Å²) < 4.78 is 11.4. The molecule has 28 heavy (non-hydrogen) atoms. The van der Waals surface area contributed by atoms with E-state index in [2.05, 4.69) is 15.0 Å². The molecule has 10 heteroatoms. The number of esters is 1. The molecule has 1 amide bonds. The molecule has 0 fully saturated rings. The number of anilines is 2. The summed E-state index contributed by atoms with van der Waals surface area (Å²) in [6.45, 7) is 1.33. The number of nitrogens with one attached hydrogen (secondary N) is 1. The molecule has 1 aromatic carbocycles. The molecule has 2 aromatic heterocycles. The van der Waals surface area contributed by atoms with Crippen LogP contribution in [0.4, 0.5) is 11.6 Å². The number of methoxy groups -OCH3 is 1. The van der Waals surface area contributed by atoms with Crippen molar-refractivity contribution in [2.75, 3.05) is 18.2 Å². The third-order valence-corrected chi connectivity index (χ3v) is 3.82. The molecule has 0 unspecified atom stereocenters. The number of carboxylic acids is 1. The maximum atomic E-state index is 11.6. The highest BCUT2D eigenvalue weighted by Gasteiger charge is 2.18. The van der Waals surface area contributed by atoms with Gasteiger partial charge in [0.15, 0.2) is 5.76 Å². The standard InChI is InChI=1S/C18H16N4O6/c1-9(23)20-12-4-3-10(16(24)25)5-14(12)22-7-13(21-18(22)19)15-6-11(8-28-15)17(26)27-2/h3-8H,1-2H3,(H2,19,21)(H,20,23)(H,24,25). The van der Waals surface area contributed by atoms with Gasteiger partial charge in [-0.3, -0.25) is 9.36 Å². The molecule has 0 spiro atoms. The zero-order valence-corrected chi connectivity index (χ0v) is 14.9. The minimum Gasteiger partial charge on any atom is -0.478 e. The van der Waals surface area contributed by atoms with Crippen LogP contribution in [0, 0.1) is 0 Å². The summed E-state index contributed by atoms with van der Waals surface area (Å²) in [5.74, 6) is -1.74. The highest BCUT2D eigenvalue weighted by molar-refractivity contribution is 5.94. The predicted octanol–water partition coefficient (Wildman–Crippen LogP) is 2.16. The number of furan rings is 1. The molecule has 10 nitrogen and oxygen atoms in total. The quantitative estimate of drug-likeness (QED) is 0.566. The van der Waals surface area contributed by atoms with Gasteiger partial charge in [-0.15, -0.1) is 0 Å². The number of hydrogen-bond acceptors (Lipinski definition) is 7.